The summed E-state index contributed by atoms with van der Waals surface area (Å²) in [6.45, 7) is 0.932. The van der Waals surface area contributed by atoms with E-state index in [4.69, 9.17) is 9.84 Å². The number of amides is 1. The number of nitrogens with one attached hydrogen (secondary N) is 1. The Kier molecular flexibility index (Phi) is 2.87. The van der Waals surface area contributed by atoms with Crippen molar-refractivity contribution < 1.29 is 14.6 Å². The Labute approximate surface area is 87.9 Å². The standard InChI is InChI=1S/C11H13NO3/c13-9-3-1-8(2-4-9)10-7-12-11(14)5-6-15-10/h1-4,10,13H,5-7H2,(H,12,14). The lowest BCUT2D eigenvalue weighted by Crippen LogP contribution is -2.25. The summed E-state index contributed by atoms with van der Waals surface area (Å²) in [6.07, 6.45) is 0.297. The van der Waals surface area contributed by atoms with Crippen LogP contribution in [0.3, 0.4) is 0 Å². The summed E-state index contributed by atoms with van der Waals surface area (Å²) in [6, 6.07) is 6.84. The molecule has 4 heteroatoms. The van der Waals surface area contributed by atoms with Gasteiger partial charge in [0.25, 0.3) is 0 Å². The molecule has 0 spiro atoms. The minimum atomic E-state index is -0.114. The zero-order chi connectivity index (χ0) is 10.7. The van der Waals surface area contributed by atoms with E-state index >= 15 is 0 Å². The van der Waals surface area contributed by atoms with Gasteiger partial charge in [0, 0.05) is 13.0 Å². The first-order valence-electron chi connectivity index (χ1n) is 4.93. The van der Waals surface area contributed by atoms with Crippen LogP contribution in [0.5, 0.6) is 5.75 Å². The van der Waals surface area contributed by atoms with Crippen molar-refractivity contribution in [3.63, 3.8) is 0 Å². The third kappa shape index (κ3) is 2.47. The molecule has 1 fully saturated rings. The second kappa shape index (κ2) is 4.31. The highest BCUT2D eigenvalue weighted by Gasteiger charge is 2.17. The number of carbonyl (C=O) groups is 1. The van der Waals surface area contributed by atoms with Crippen LogP contribution in [0.4, 0.5) is 0 Å². The highest BCUT2D eigenvalue weighted by atomic mass is 16.5. The van der Waals surface area contributed by atoms with Crippen molar-refractivity contribution in [2.24, 2.45) is 0 Å². The first kappa shape index (κ1) is 9.98. The van der Waals surface area contributed by atoms with Crippen molar-refractivity contribution in [3.05, 3.63) is 29.8 Å². The molecule has 15 heavy (non-hydrogen) atoms. The van der Waals surface area contributed by atoms with Gasteiger partial charge < -0.3 is 15.2 Å². The molecular weight excluding hydrogens is 194 g/mol. The van der Waals surface area contributed by atoms with Crippen LogP contribution in [0, 0.1) is 0 Å². The van der Waals surface area contributed by atoms with Crippen LogP contribution >= 0.6 is 0 Å². The van der Waals surface area contributed by atoms with Crippen molar-refractivity contribution in [1.29, 1.82) is 0 Å². The number of aromatic hydroxyl groups is 1. The third-order valence-electron chi connectivity index (χ3n) is 2.40. The molecule has 1 aromatic rings. The van der Waals surface area contributed by atoms with Crippen LogP contribution < -0.4 is 5.32 Å². The van der Waals surface area contributed by atoms with Crippen LogP contribution in [0.2, 0.25) is 0 Å². The number of phenolic OH excluding ortho intramolecular Hbond substituents is 1. The van der Waals surface area contributed by atoms with Crippen LogP contribution in [-0.2, 0) is 9.53 Å². The highest BCUT2D eigenvalue weighted by molar-refractivity contribution is 5.76. The molecule has 1 amide bonds. The molecule has 1 atom stereocenters. The largest absolute Gasteiger partial charge is 0.508 e. The van der Waals surface area contributed by atoms with Crippen molar-refractivity contribution in [2.45, 2.75) is 12.5 Å². The van der Waals surface area contributed by atoms with Crippen LogP contribution in [0.1, 0.15) is 18.1 Å². The van der Waals surface area contributed by atoms with Gasteiger partial charge in [0.05, 0.1) is 12.7 Å². The van der Waals surface area contributed by atoms with Crippen LogP contribution in [-0.4, -0.2) is 24.2 Å². The van der Waals surface area contributed by atoms with Crippen molar-refractivity contribution in [2.75, 3.05) is 13.2 Å². The summed E-state index contributed by atoms with van der Waals surface area (Å²) in [5.74, 6) is 0.257. The van der Waals surface area contributed by atoms with Gasteiger partial charge in [-0.05, 0) is 17.7 Å². The monoisotopic (exact) mass is 207 g/mol. The Balaban J connectivity index is 2.09. The van der Waals surface area contributed by atoms with Gasteiger partial charge in [-0.3, -0.25) is 4.79 Å². The van der Waals surface area contributed by atoms with Crippen LogP contribution in [0.25, 0.3) is 0 Å². The predicted molar refractivity (Wildman–Crippen MR) is 54.4 cm³/mol. The molecule has 2 N–H and O–H groups in total. The smallest absolute Gasteiger partial charge is 0.222 e. The fraction of sp³-hybridized carbons (Fsp3) is 0.364. The molecule has 1 aliphatic rings. The average Bonchev–Trinajstić information content (AvgIpc) is 2.44. The topological polar surface area (TPSA) is 58.6 Å². The van der Waals surface area contributed by atoms with Crippen molar-refractivity contribution in [3.8, 4) is 5.75 Å². The SMILES string of the molecule is O=C1CCOC(c2ccc(O)cc2)CN1. The maximum Gasteiger partial charge on any atom is 0.222 e. The van der Waals surface area contributed by atoms with Gasteiger partial charge in [-0.15, -0.1) is 0 Å². The summed E-state index contributed by atoms with van der Waals surface area (Å²) in [5.41, 5.74) is 0.968. The molecule has 0 bridgehead atoms. The molecule has 0 aliphatic carbocycles. The minimum absolute atomic E-state index is 0.0243. The Morgan fingerprint density at radius 3 is 2.80 bits per heavy atom. The summed E-state index contributed by atoms with van der Waals surface area (Å²) >= 11 is 0. The van der Waals surface area contributed by atoms with E-state index in [-0.39, 0.29) is 17.8 Å². The molecule has 0 saturated carbocycles. The Morgan fingerprint density at radius 2 is 2.07 bits per heavy atom. The number of carbonyl (C=O) groups excluding carboxylic acids is 1. The first-order chi connectivity index (χ1) is 7.25. The molecule has 1 aromatic carbocycles. The quantitative estimate of drug-likeness (QED) is 0.721. The average molecular weight is 207 g/mol. The fourth-order valence-electron chi connectivity index (χ4n) is 1.55. The molecule has 1 heterocycles. The Morgan fingerprint density at radius 1 is 1.33 bits per heavy atom. The van der Waals surface area contributed by atoms with Gasteiger partial charge in [0.1, 0.15) is 5.75 Å². The molecular formula is C11H13NO3. The van der Waals surface area contributed by atoms with Crippen LogP contribution in [0.15, 0.2) is 24.3 Å². The summed E-state index contributed by atoms with van der Waals surface area (Å²) in [7, 11) is 0. The summed E-state index contributed by atoms with van der Waals surface area (Å²) < 4.78 is 5.53. The van der Waals surface area contributed by atoms with E-state index in [0.717, 1.165) is 5.56 Å². The van der Waals surface area contributed by atoms with Gasteiger partial charge >= 0.3 is 0 Å². The van der Waals surface area contributed by atoms with Gasteiger partial charge in [0.15, 0.2) is 0 Å². The second-order valence-corrected chi connectivity index (χ2v) is 3.51. The fourth-order valence-corrected chi connectivity index (χ4v) is 1.55. The zero-order valence-electron chi connectivity index (χ0n) is 8.27. The first-order valence-corrected chi connectivity index (χ1v) is 4.93. The maximum atomic E-state index is 11.1. The molecule has 0 radical (unpaired) electrons. The van der Waals surface area contributed by atoms with E-state index in [2.05, 4.69) is 5.32 Å². The Hall–Kier alpha value is -1.55. The Bertz CT molecular complexity index is 347. The van der Waals surface area contributed by atoms with E-state index in [1.165, 1.54) is 0 Å². The van der Waals surface area contributed by atoms with E-state index in [0.29, 0.717) is 19.6 Å². The number of hydrogen-bond donors (Lipinski definition) is 2. The van der Waals surface area contributed by atoms with E-state index < -0.39 is 0 Å². The lowest BCUT2D eigenvalue weighted by molar-refractivity contribution is -0.120. The number of phenols is 1. The number of hydrogen-bond acceptors (Lipinski definition) is 3. The maximum absolute atomic E-state index is 11.1. The normalized spacial score (nSPS) is 21.9. The molecule has 80 valence electrons. The minimum Gasteiger partial charge on any atom is -0.508 e. The van der Waals surface area contributed by atoms with E-state index in [1.54, 1.807) is 24.3 Å². The third-order valence-corrected chi connectivity index (χ3v) is 2.40. The second-order valence-electron chi connectivity index (χ2n) is 3.51. The molecule has 2 rings (SSSR count). The number of ether oxygens (including phenoxy) is 1. The van der Waals surface area contributed by atoms with Gasteiger partial charge in [0.2, 0.25) is 5.91 Å². The number of benzene rings is 1. The molecule has 1 saturated heterocycles. The summed E-state index contributed by atoms with van der Waals surface area (Å²) in [5, 5.41) is 11.9. The zero-order valence-corrected chi connectivity index (χ0v) is 8.27. The van der Waals surface area contributed by atoms with Gasteiger partial charge in [-0.2, -0.15) is 0 Å². The van der Waals surface area contributed by atoms with Gasteiger partial charge in [-0.1, -0.05) is 12.1 Å². The summed E-state index contributed by atoms with van der Waals surface area (Å²) in [4.78, 5) is 11.1. The molecule has 1 unspecified atom stereocenters. The van der Waals surface area contributed by atoms with E-state index in [9.17, 15) is 4.79 Å². The van der Waals surface area contributed by atoms with Crippen molar-refractivity contribution >= 4 is 5.91 Å². The van der Waals surface area contributed by atoms with Crippen molar-refractivity contribution in [1.82, 2.24) is 5.32 Å². The van der Waals surface area contributed by atoms with Gasteiger partial charge in [-0.25, -0.2) is 0 Å². The highest BCUT2D eigenvalue weighted by Crippen LogP contribution is 2.20. The lowest BCUT2D eigenvalue weighted by atomic mass is 10.1. The number of rotatable bonds is 1. The molecule has 0 aromatic heterocycles. The molecule has 4 nitrogen and oxygen atoms in total. The lowest BCUT2D eigenvalue weighted by Gasteiger charge is -2.14. The predicted octanol–water partition coefficient (Wildman–Crippen LogP) is 0.970. The van der Waals surface area contributed by atoms with E-state index in [1.807, 2.05) is 0 Å². The molecule has 1 aliphatic heterocycles.